The highest BCUT2D eigenvalue weighted by atomic mass is 35.5. The second kappa shape index (κ2) is 10.2. The van der Waals surface area contributed by atoms with Crippen LogP contribution in [0.5, 0.6) is 17.2 Å². The van der Waals surface area contributed by atoms with Crippen LogP contribution >= 0.6 is 24.8 Å². The fraction of sp³-hybridized carbons (Fsp3) is 0.391. The quantitative estimate of drug-likeness (QED) is 0.664. The molecule has 1 fully saturated rings. The number of terminal acetylenes is 1. The number of nitrogens with zero attached hydrogens (tertiary/aromatic N) is 2. The molecule has 0 bridgehead atoms. The Morgan fingerprint density at radius 3 is 2.52 bits per heavy atom. The lowest BCUT2D eigenvalue weighted by Crippen LogP contribution is -2.48. The van der Waals surface area contributed by atoms with E-state index in [0.717, 1.165) is 56.4 Å². The molecule has 1 unspecified atom stereocenters. The van der Waals surface area contributed by atoms with E-state index in [9.17, 15) is 0 Å². The van der Waals surface area contributed by atoms with E-state index in [1.165, 1.54) is 16.7 Å². The summed E-state index contributed by atoms with van der Waals surface area (Å²) in [5.41, 5.74) is 3.76. The fourth-order valence-corrected chi connectivity index (χ4v) is 4.07. The largest absolute Gasteiger partial charge is 0.497 e. The zero-order valence-corrected chi connectivity index (χ0v) is 18.5. The zero-order chi connectivity index (χ0) is 18.8. The van der Waals surface area contributed by atoms with Crippen molar-refractivity contribution < 1.29 is 9.47 Å². The number of methoxy groups -OCH3 is 1. The Labute approximate surface area is 186 Å². The summed E-state index contributed by atoms with van der Waals surface area (Å²) in [7, 11) is 1.69. The number of hydrogen-bond donors (Lipinski definition) is 0. The SMILES string of the molecule is C#CCN1CCN(C2Cc3ccc(OC)cc3Oc3ccc(C)cc32)CC1.Cl.Cl. The number of piperazine rings is 1. The smallest absolute Gasteiger partial charge is 0.134 e. The van der Waals surface area contributed by atoms with Crippen LogP contribution in [0.3, 0.4) is 0 Å². The highest BCUT2D eigenvalue weighted by Gasteiger charge is 2.30. The van der Waals surface area contributed by atoms with Gasteiger partial charge >= 0.3 is 0 Å². The van der Waals surface area contributed by atoms with E-state index >= 15 is 0 Å². The molecule has 0 aliphatic carbocycles. The predicted molar refractivity (Wildman–Crippen MR) is 122 cm³/mol. The van der Waals surface area contributed by atoms with E-state index in [4.69, 9.17) is 15.9 Å². The first kappa shape index (κ1) is 23.4. The van der Waals surface area contributed by atoms with Gasteiger partial charge in [-0.3, -0.25) is 9.80 Å². The summed E-state index contributed by atoms with van der Waals surface area (Å²) < 4.78 is 11.7. The average Bonchev–Trinajstić information content (AvgIpc) is 2.84. The van der Waals surface area contributed by atoms with Crippen LogP contribution in [0.1, 0.15) is 22.7 Å². The summed E-state index contributed by atoms with van der Waals surface area (Å²) in [4.78, 5) is 4.92. The summed E-state index contributed by atoms with van der Waals surface area (Å²) in [6.07, 6.45) is 6.42. The maximum atomic E-state index is 6.34. The van der Waals surface area contributed by atoms with E-state index in [0.29, 0.717) is 6.04 Å². The molecule has 0 spiro atoms. The van der Waals surface area contributed by atoms with Crippen LogP contribution in [-0.4, -0.2) is 49.6 Å². The normalized spacial score (nSPS) is 18.6. The van der Waals surface area contributed by atoms with Crippen molar-refractivity contribution >= 4 is 24.8 Å². The van der Waals surface area contributed by atoms with Gasteiger partial charge in [0.1, 0.15) is 17.2 Å². The number of hydrogen-bond acceptors (Lipinski definition) is 4. The monoisotopic (exact) mass is 434 g/mol. The molecule has 4 rings (SSSR count). The molecule has 0 N–H and O–H groups in total. The van der Waals surface area contributed by atoms with Gasteiger partial charge in [0.15, 0.2) is 0 Å². The van der Waals surface area contributed by atoms with Crippen LogP contribution in [-0.2, 0) is 6.42 Å². The van der Waals surface area contributed by atoms with Crippen molar-refractivity contribution in [3.8, 4) is 29.6 Å². The van der Waals surface area contributed by atoms with E-state index in [2.05, 4.69) is 46.9 Å². The molecular weight excluding hydrogens is 407 g/mol. The molecule has 1 saturated heterocycles. The molecule has 6 heteroatoms. The fourth-order valence-electron chi connectivity index (χ4n) is 4.07. The van der Waals surface area contributed by atoms with Gasteiger partial charge in [0.25, 0.3) is 0 Å². The van der Waals surface area contributed by atoms with Crippen molar-refractivity contribution in [3.05, 3.63) is 53.1 Å². The standard InChI is InChI=1S/C23H26N2O2.2ClH/c1-4-9-24-10-12-25(13-11-24)21-15-18-6-7-19(26-3)16-23(18)27-22-8-5-17(2)14-20(21)22;;/h1,5-8,14,16,21H,9-13,15H2,2-3H3;2*1H. The van der Waals surface area contributed by atoms with Gasteiger partial charge in [-0.1, -0.05) is 29.7 Å². The summed E-state index contributed by atoms with van der Waals surface area (Å²) >= 11 is 0. The molecule has 2 aromatic carbocycles. The van der Waals surface area contributed by atoms with Crippen LogP contribution in [0, 0.1) is 19.3 Å². The van der Waals surface area contributed by atoms with Gasteiger partial charge in [-0.15, -0.1) is 31.2 Å². The molecule has 2 aliphatic rings. The minimum absolute atomic E-state index is 0. The van der Waals surface area contributed by atoms with Crippen molar-refractivity contribution in [1.82, 2.24) is 9.80 Å². The number of fused-ring (bicyclic) bond motifs is 2. The molecule has 0 radical (unpaired) electrons. The lowest BCUT2D eigenvalue weighted by molar-refractivity contribution is 0.104. The third-order valence-corrected chi connectivity index (χ3v) is 5.59. The maximum Gasteiger partial charge on any atom is 0.134 e. The molecule has 2 aromatic rings. The third kappa shape index (κ3) is 4.99. The Morgan fingerprint density at radius 1 is 1.07 bits per heavy atom. The lowest BCUT2D eigenvalue weighted by atomic mass is 9.95. The molecule has 0 amide bonds. The Morgan fingerprint density at radius 2 is 1.83 bits per heavy atom. The Bertz CT molecular complexity index is 874. The predicted octanol–water partition coefficient (Wildman–Crippen LogP) is 4.49. The molecule has 29 heavy (non-hydrogen) atoms. The Kier molecular flexibility index (Phi) is 8.24. The zero-order valence-electron chi connectivity index (χ0n) is 16.9. The van der Waals surface area contributed by atoms with Crippen LogP contribution < -0.4 is 9.47 Å². The van der Waals surface area contributed by atoms with Gasteiger partial charge < -0.3 is 9.47 Å². The first-order valence-electron chi connectivity index (χ1n) is 9.53. The van der Waals surface area contributed by atoms with Crippen molar-refractivity contribution in [3.63, 3.8) is 0 Å². The Balaban J connectivity index is 0.00000150. The first-order chi connectivity index (χ1) is 13.2. The second-order valence-corrected chi connectivity index (χ2v) is 7.35. The Hall–Kier alpha value is -1.90. The maximum absolute atomic E-state index is 6.34. The highest BCUT2D eigenvalue weighted by molar-refractivity contribution is 5.85. The molecular formula is C23H28Cl2N2O2. The molecule has 156 valence electrons. The van der Waals surface area contributed by atoms with E-state index in [1.54, 1.807) is 7.11 Å². The van der Waals surface area contributed by atoms with Gasteiger partial charge in [-0.25, -0.2) is 0 Å². The molecule has 2 heterocycles. The van der Waals surface area contributed by atoms with Crippen LogP contribution in [0.25, 0.3) is 0 Å². The van der Waals surface area contributed by atoms with Crippen LogP contribution in [0.15, 0.2) is 36.4 Å². The minimum Gasteiger partial charge on any atom is -0.497 e. The van der Waals surface area contributed by atoms with Crippen molar-refractivity contribution in [2.24, 2.45) is 0 Å². The van der Waals surface area contributed by atoms with Gasteiger partial charge in [0.05, 0.1) is 13.7 Å². The number of halogens is 2. The summed E-state index contributed by atoms with van der Waals surface area (Å²) in [5.74, 6) is 5.43. The van der Waals surface area contributed by atoms with Gasteiger partial charge in [-0.2, -0.15) is 0 Å². The second-order valence-electron chi connectivity index (χ2n) is 7.35. The van der Waals surface area contributed by atoms with Gasteiger partial charge in [0, 0.05) is 43.9 Å². The topological polar surface area (TPSA) is 24.9 Å². The van der Waals surface area contributed by atoms with Gasteiger partial charge in [0.2, 0.25) is 0 Å². The molecule has 0 saturated carbocycles. The minimum atomic E-state index is 0. The molecule has 4 nitrogen and oxygen atoms in total. The lowest BCUT2D eigenvalue weighted by Gasteiger charge is -2.39. The number of aryl methyl sites for hydroxylation is 1. The molecule has 0 aromatic heterocycles. The molecule has 1 atom stereocenters. The van der Waals surface area contributed by atoms with E-state index < -0.39 is 0 Å². The molecule has 2 aliphatic heterocycles. The van der Waals surface area contributed by atoms with Gasteiger partial charge in [-0.05, 0) is 31.0 Å². The van der Waals surface area contributed by atoms with E-state index in [-0.39, 0.29) is 24.8 Å². The first-order valence-corrected chi connectivity index (χ1v) is 9.53. The third-order valence-electron chi connectivity index (χ3n) is 5.59. The van der Waals surface area contributed by atoms with Crippen LogP contribution in [0.2, 0.25) is 0 Å². The van der Waals surface area contributed by atoms with Crippen molar-refractivity contribution in [2.45, 2.75) is 19.4 Å². The van der Waals surface area contributed by atoms with Crippen molar-refractivity contribution in [2.75, 3.05) is 39.8 Å². The van der Waals surface area contributed by atoms with E-state index in [1.807, 2.05) is 12.1 Å². The average molecular weight is 435 g/mol. The summed E-state index contributed by atoms with van der Waals surface area (Å²) in [5, 5.41) is 0. The van der Waals surface area contributed by atoms with Crippen LogP contribution in [0.4, 0.5) is 0 Å². The summed E-state index contributed by atoms with van der Waals surface area (Å²) in [6.45, 7) is 6.94. The number of benzene rings is 2. The number of ether oxygens (including phenoxy) is 2. The number of rotatable bonds is 3. The summed E-state index contributed by atoms with van der Waals surface area (Å²) in [6, 6.07) is 12.9. The van der Waals surface area contributed by atoms with Crippen molar-refractivity contribution in [1.29, 1.82) is 0 Å². The highest BCUT2D eigenvalue weighted by Crippen LogP contribution is 2.42.